The van der Waals surface area contributed by atoms with Crippen LogP contribution in [0, 0.1) is 25.7 Å². The van der Waals surface area contributed by atoms with Crippen LogP contribution in [0.15, 0.2) is 18.2 Å². The molecule has 1 aliphatic rings. The summed E-state index contributed by atoms with van der Waals surface area (Å²) in [5.74, 6) is 1.67. The van der Waals surface area contributed by atoms with Gasteiger partial charge in [0.2, 0.25) is 5.91 Å². The molecule has 4 heteroatoms. The Morgan fingerprint density at radius 3 is 2.48 bits per heavy atom. The van der Waals surface area contributed by atoms with E-state index in [0.29, 0.717) is 19.1 Å². The van der Waals surface area contributed by atoms with Gasteiger partial charge in [-0.15, -0.1) is 0 Å². The molecule has 0 aromatic heterocycles. The van der Waals surface area contributed by atoms with Crippen LogP contribution in [-0.4, -0.2) is 44.1 Å². The van der Waals surface area contributed by atoms with E-state index in [0.717, 1.165) is 18.8 Å². The Labute approximate surface area is 127 Å². The number of hydrogen-bond acceptors (Lipinski definition) is 3. The molecule has 116 valence electrons. The highest BCUT2D eigenvalue weighted by molar-refractivity contribution is 5.78. The zero-order valence-electron chi connectivity index (χ0n) is 13.5. The normalized spacial score (nSPS) is 16.2. The quantitative estimate of drug-likeness (QED) is 0.871. The van der Waals surface area contributed by atoms with E-state index < -0.39 is 0 Å². The maximum Gasteiger partial charge on any atom is 0.225 e. The molecule has 0 bridgehead atoms. The van der Waals surface area contributed by atoms with E-state index in [4.69, 9.17) is 4.74 Å². The topological polar surface area (TPSA) is 41.6 Å². The van der Waals surface area contributed by atoms with Crippen molar-refractivity contribution in [2.45, 2.75) is 20.8 Å². The van der Waals surface area contributed by atoms with Gasteiger partial charge in [-0.1, -0.05) is 13.0 Å². The summed E-state index contributed by atoms with van der Waals surface area (Å²) in [6.07, 6.45) is 0. The summed E-state index contributed by atoms with van der Waals surface area (Å²) in [5.41, 5.74) is 2.39. The molecular formula is C17H26N2O2. The fourth-order valence-corrected chi connectivity index (χ4v) is 2.64. The number of rotatable bonds is 6. The van der Waals surface area contributed by atoms with Gasteiger partial charge in [0.1, 0.15) is 12.4 Å². The van der Waals surface area contributed by atoms with Gasteiger partial charge < -0.3 is 15.0 Å². The average molecular weight is 290 g/mol. The lowest BCUT2D eigenvalue weighted by molar-refractivity contribution is -0.136. The molecule has 1 amide bonds. The Morgan fingerprint density at radius 2 is 1.95 bits per heavy atom. The highest BCUT2D eigenvalue weighted by Gasteiger charge is 2.30. The summed E-state index contributed by atoms with van der Waals surface area (Å²) in [4.78, 5) is 14.1. The second-order valence-electron chi connectivity index (χ2n) is 6.14. The number of ether oxygens (including phenoxy) is 1. The smallest absolute Gasteiger partial charge is 0.225 e. The number of hydrogen-bond donors (Lipinski definition) is 1. The van der Waals surface area contributed by atoms with Gasteiger partial charge in [-0.3, -0.25) is 4.79 Å². The van der Waals surface area contributed by atoms with E-state index in [1.165, 1.54) is 11.1 Å². The minimum absolute atomic E-state index is 0.0949. The molecule has 21 heavy (non-hydrogen) atoms. The molecule has 1 atom stereocenters. The van der Waals surface area contributed by atoms with E-state index >= 15 is 0 Å². The second kappa shape index (κ2) is 6.94. The predicted molar refractivity (Wildman–Crippen MR) is 84.6 cm³/mol. The number of amides is 1. The predicted octanol–water partition coefficient (Wildman–Crippen LogP) is 2.00. The summed E-state index contributed by atoms with van der Waals surface area (Å²) in [6.45, 7) is 9.21. The molecule has 1 aromatic rings. The zero-order chi connectivity index (χ0) is 15.4. The first-order valence-electron chi connectivity index (χ1n) is 7.64. The van der Waals surface area contributed by atoms with Gasteiger partial charge in [0.15, 0.2) is 0 Å². The number of nitrogens with one attached hydrogen (secondary N) is 1. The monoisotopic (exact) mass is 290 g/mol. The fourth-order valence-electron chi connectivity index (χ4n) is 2.64. The number of benzene rings is 1. The van der Waals surface area contributed by atoms with Gasteiger partial charge in [0, 0.05) is 13.0 Å². The first-order chi connectivity index (χ1) is 9.97. The Bertz CT molecular complexity index is 477. The van der Waals surface area contributed by atoms with Gasteiger partial charge in [-0.25, -0.2) is 0 Å². The molecule has 1 heterocycles. The van der Waals surface area contributed by atoms with Crippen molar-refractivity contribution in [1.29, 1.82) is 0 Å². The molecular weight excluding hydrogens is 264 g/mol. The van der Waals surface area contributed by atoms with Crippen molar-refractivity contribution >= 4 is 5.91 Å². The van der Waals surface area contributed by atoms with Crippen LogP contribution in [0.4, 0.5) is 0 Å². The van der Waals surface area contributed by atoms with Crippen molar-refractivity contribution in [3.63, 3.8) is 0 Å². The number of likely N-dealkylation sites (N-methyl/N-ethyl adjacent to an activating group) is 1. The third-order valence-corrected chi connectivity index (χ3v) is 4.18. The standard InChI is InChI=1S/C17H26N2O2/c1-12-7-13(2)9-16(8-12)21-6-5-19(4)17(20)14(3)15-10-18-11-15/h7-9,14-15,18H,5-6,10-11H2,1-4H3. The first-order valence-corrected chi connectivity index (χ1v) is 7.64. The van der Waals surface area contributed by atoms with E-state index in [1.54, 1.807) is 4.90 Å². The lowest BCUT2D eigenvalue weighted by Gasteiger charge is -2.33. The number of nitrogens with zero attached hydrogens (tertiary/aromatic N) is 1. The number of carbonyl (C=O) groups is 1. The van der Waals surface area contributed by atoms with Gasteiger partial charge in [-0.05, 0) is 56.1 Å². The van der Waals surface area contributed by atoms with Crippen molar-refractivity contribution in [2.75, 3.05) is 33.3 Å². The van der Waals surface area contributed by atoms with Crippen LogP contribution in [-0.2, 0) is 4.79 Å². The van der Waals surface area contributed by atoms with Gasteiger partial charge in [0.05, 0.1) is 6.54 Å². The van der Waals surface area contributed by atoms with Crippen LogP contribution < -0.4 is 10.1 Å². The average Bonchev–Trinajstić information content (AvgIpc) is 2.34. The van der Waals surface area contributed by atoms with Crippen molar-refractivity contribution in [3.8, 4) is 5.75 Å². The van der Waals surface area contributed by atoms with E-state index in [2.05, 4.69) is 25.2 Å². The molecule has 1 aliphatic heterocycles. The Balaban J connectivity index is 1.78. The molecule has 1 N–H and O–H groups in total. The summed E-state index contributed by atoms with van der Waals surface area (Å²) >= 11 is 0. The molecule has 1 aromatic carbocycles. The molecule has 0 radical (unpaired) electrons. The fraction of sp³-hybridized carbons (Fsp3) is 0.588. The maximum atomic E-state index is 12.3. The summed E-state index contributed by atoms with van der Waals surface area (Å²) in [5, 5.41) is 3.22. The lowest BCUT2D eigenvalue weighted by Crippen LogP contribution is -2.50. The molecule has 0 spiro atoms. The van der Waals surface area contributed by atoms with Crippen molar-refractivity contribution in [1.82, 2.24) is 10.2 Å². The highest BCUT2D eigenvalue weighted by atomic mass is 16.5. The molecule has 1 fully saturated rings. The van der Waals surface area contributed by atoms with E-state index in [-0.39, 0.29) is 11.8 Å². The van der Waals surface area contributed by atoms with Crippen LogP contribution in [0.25, 0.3) is 0 Å². The van der Waals surface area contributed by atoms with Gasteiger partial charge in [0.25, 0.3) is 0 Å². The Morgan fingerprint density at radius 1 is 1.33 bits per heavy atom. The van der Waals surface area contributed by atoms with E-state index in [9.17, 15) is 4.79 Å². The summed E-state index contributed by atoms with van der Waals surface area (Å²) in [6, 6.07) is 6.17. The van der Waals surface area contributed by atoms with Crippen LogP contribution in [0.1, 0.15) is 18.1 Å². The van der Waals surface area contributed by atoms with Crippen molar-refractivity contribution < 1.29 is 9.53 Å². The minimum Gasteiger partial charge on any atom is -0.492 e. The molecule has 2 rings (SSSR count). The molecule has 4 nitrogen and oxygen atoms in total. The van der Waals surface area contributed by atoms with E-state index in [1.807, 2.05) is 26.1 Å². The molecule has 1 unspecified atom stereocenters. The molecule has 1 saturated heterocycles. The second-order valence-corrected chi connectivity index (χ2v) is 6.14. The van der Waals surface area contributed by atoms with Crippen LogP contribution in [0.5, 0.6) is 5.75 Å². The molecule has 0 saturated carbocycles. The Hall–Kier alpha value is -1.55. The van der Waals surface area contributed by atoms with Crippen LogP contribution in [0.2, 0.25) is 0 Å². The number of carbonyl (C=O) groups excluding carboxylic acids is 1. The Kier molecular flexibility index (Phi) is 5.23. The maximum absolute atomic E-state index is 12.3. The lowest BCUT2D eigenvalue weighted by atomic mass is 9.88. The zero-order valence-corrected chi connectivity index (χ0v) is 13.5. The first kappa shape index (κ1) is 15.8. The SMILES string of the molecule is Cc1cc(C)cc(OCCN(C)C(=O)C(C)C2CNC2)c1. The van der Waals surface area contributed by atoms with Crippen LogP contribution in [0.3, 0.4) is 0 Å². The van der Waals surface area contributed by atoms with Crippen molar-refractivity contribution in [2.24, 2.45) is 11.8 Å². The van der Waals surface area contributed by atoms with Crippen LogP contribution >= 0.6 is 0 Å². The third-order valence-electron chi connectivity index (χ3n) is 4.18. The third kappa shape index (κ3) is 4.21. The van der Waals surface area contributed by atoms with Gasteiger partial charge >= 0.3 is 0 Å². The molecule has 0 aliphatic carbocycles. The minimum atomic E-state index is 0.0949. The summed E-state index contributed by atoms with van der Waals surface area (Å²) < 4.78 is 5.76. The van der Waals surface area contributed by atoms with Crippen molar-refractivity contribution in [3.05, 3.63) is 29.3 Å². The summed E-state index contributed by atoms with van der Waals surface area (Å²) in [7, 11) is 1.86. The number of aryl methyl sites for hydroxylation is 2. The van der Waals surface area contributed by atoms with Gasteiger partial charge in [-0.2, -0.15) is 0 Å². The largest absolute Gasteiger partial charge is 0.492 e. The highest BCUT2D eigenvalue weighted by Crippen LogP contribution is 2.18.